The van der Waals surface area contributed by atoms with E-state index in [9.17, 15) is 4.79 Å². The minimum Gasteiger partial charge on any atom is -0.309 e. The van der Waals surface area contributed by atoms with Crippen LogP contribution in [0.1, 0.15) is 35.2 Å². The van der Waals surface area contributed by atoms with Crippen molar-refractivity contribution >= 4 is 34.1 Å². The molecule has 6 nitrogen and oxygen atoms in total. The summed E-state index contributed by atoms with van der Waals surface area (Å²) in [6.07, 6.45) is 1.09. The number of carbonyl (C=O) groups excluding carboxylic acids is 1. The zero-order chi connectivity index (χ0) is 22.1. The van der Waals surface area contributed by atoms with Gasteiger partial charge in [-0.25, -0.2) is 4.98 Å². The Labute approximate surface area is 195 Å². The number of anilines is 1. The van der Waals surface area contributed by atoms with Crippen molar-refractivity contribution in [3.63, 3.8) is 0 Å². The predicted octanol–water partition coefficient (Wildman–Crippen LogP) is 5.25. The lowest BCUT2D eigenvalue weighted by atomic mass is 10.1. The molecule has 0 aliphatic heterocycles. The summed E-state index contributed by atoms with van der Waals surface area (Å²) >= 11 is 2.83. The maximum Gasteiger partial charge on any atom is 0.236 e. The molecule has 2 aromatic heterocycles. The molecule has 5 rings (SSSR count). The van der Waals surface area contributed by atoms with Crippen LogP contribution in [0, 0.1) is 6.92 Å². The number of thioether (sulfide) groups is 1. The number of nitrogens with one attached hydrogen (secondary N) is 1. The third kappa shape index (κ3) is 4.47. The van der Waals surface area contributed by atoms with Gasteiger partial charge in [-0.1, -0.05) is 71.9 Å². The average Bonchev–Trinajstić information content (AvgIpc) is 3.31. The fourth-order valence-electron chi connectivity index (χ4n) is 3.80. The Balaban J connectivity index is 1.16. The molecule has 8 heteroatoms. The van der Waals surface area contributed by atoms with Crippen LogP contribution in [0.15, 0.2) is 65.1 Å². The Kier molecular flexibility index (Phi) is 5.80. The first-order valence-electron chi connectivity index (χ1n) is 10.5. The minimum atomic E-state index is -0.0991. The summed E-state index contributed by atoms with van der Waals surface area (Å²) in [7, 11) is 1.98. The summed E-state index contributed by atoms with van der Waals surface area (Å²) in [6.45, 7) is 2.06. The van der Waals surface area contributed by atoms with E-state index in [2.05, 4.69) is 63.8 Å². The second-order valence-corrected chi connectivity index (χ2v) is 9.80. The first kappa shape index (κ1) is 20.9. The Hall–Kier alpha value is -2.97. The number of aryl methyl sites for hydroxylation is 1. The van der Waals surface area contributed by atoms with E-state index in [-0.39, 0.29) is 11.7 Å². The highest BCUT2D eigenvalue weighted by Crippen LogP contribution is 2.54. The lowest BCUT2D eigenvalue weighted by Gasteiger charge is -2.04. The van der Waals surface area contributed by atoms with E-state index < -0.39 is 0 Å². The molecule has 1 aliphatic carbocycles. The fourth-order valence-corrected chi connectivity index (χ4v) is 5.25. The van der Waals surface area contributed by atoms with Gasteiger partial charge in [-0.2, -0.15) is 0 Å². The van der Waals surface area contributed by atoms with E-state index in [0.29, 0.717) is 17.0 Å². The quantitative estimate of drug-likeness (QED) is 0.381. The number of hydrogen-bond donors (Lipinski definition) is 1. The number of nitrogens with zero attached hydrogens (tertiary/aromatic N) is 4. The van der Waals surface area contributed by atoms with Crippen molar-refractivity contribution in [2.24, 2.45) is 7.05 Å². The molecule has 32 heavy (non-hydrogen) atoms. The summed E-state index contributed by atoms with van der Waals surface area (Å²) in [6, 6.07) is 18.7. The highest BCUT2D eigenvalue weighted by molar-refractivity contribution is 7.99. The van der Waals surface area contributed by atoms with Gasteiger partial charge in [0.05, 0.1) is 11.4 Å². The second kappa shape index (κ2) is 8.88. The van der Waals surface area contributed by atoms with E-state index >= 15 is 0 Å². The molecule has 0 bridgehead atoms. The Morgan fingerprint density at radius 3 is 2.69 bits per heavy atom. The van der Waals surface area contributed by atoms with Crippen molar-refractivity contribution < 1.29 is 4.79 Å². The maximum atomic E-state index is 12.5. The molecule has 1 N–H and O–H groups in total. The number of hydrogen-bond acceptors (Lipinski definition) is 6. The molecule has 4 aromatic rings. The van der Waals surface area contributed by atoms with Crippen LogP contribution in [0.5, 0.6) is 0 Å². The standard InChI is InChI=1S/C24H23N5OS2/c1-15-8-10-17(11-9-15)20-13-31-23(25-20)26-21(30)14-32-24-28-27-22(29(24)2)19-12-18(19)16-6-4-3-5-7-16/h3-11,13,18-19H,12,14H2,1-2H3,(H,25,26,30). The van der Waals surface area contributed by atoms with Gasteiger partial charge in [0.2, 0.25) is 5.91 Å². The molecule has 2 aromatic carbocycles. The highest BCUT2D eigenvalue weighted by atomic mass is 32.2. The predicted molar refractivity (Wildman–Crippen MR) is 129 cm³/mol. The number of aromatic nitrogens is 4. The normalized spacial score (nSPS) is 17.3. The van der Waals surface area contributed by atoms with Gasteiger partial charge in [0, 0.05) is 23.9 Å². The molecule has 162 valence electrons. The SMILES string of the molecule is Cc1ccc(-c2csc(NC(=O)CSc3nnc(C4CC4c4ccccc4)n3C)n2)cc1. The van der Waals surface area contributed by atoms with Gasteiger partial charge in [-0.15, -0.1) is 21.5 Å². The number of carbonyl (C=O) groups is 1. The second-order valence-electron chi connectivity index (χ2n) is 8.00. The Morgan fingerprint density at radius 1 is 1.12 bits per heavy atom. The van der Waals surface area contributed by atoms with Crippen molar-refractivity contribution in [2.75, 3.05) is 11.1 Å². The minimum absolute atomic E-state index is 0.0991. The van der Waals surface area contributed by atoms with E-state index in [1.807, 2.05) is 35.2 Å². The van der Waals surface area contributed by atoms with Crippen molar-refractivity contribution in [1.82, 2.24) is 19.7 Å². The maximum absolute atomic E-state index is 12.5. The molecule has 2 unspecified atom stereocenters. The van der Waals surface area contributed by atoms with Crippen LogP contribution >= 0.6 is 23.1 Å². The number of benzene rings is 2. The highest BCUT2D eigenvalue weighted by Gasteiger charge is 2.42. The molecule has 0 radical (unpaired) electrons. The largest absolute Gasteiger partial charge is 0.309 e. The molecule has 1 fully saturated rings. The summed E-state index contributed by atoms with van der Waals surface area (Å²) in [5.74, 6) is 2.06. The van der Waals surface area contributed by atoms with E-state index in [0.717, 1.165) is 28.7 Å². The lowest BCUT2D eigenvalue weighted by molar-refractivity contribution is -0.113. The summed E-state index contributed by atoms with van der Waals surface area (Å²) in [4.78, 5) is 17.0. The molecule has 0 spiro atoms. The molecule has 1 aliphatic rings. The van der Waals surface area contributed by atoms with Crippen molar-refractivity contribution in [1.29, 1.82) is 0 Å². The third-order valence-corrected chi connectivity index (χ3v) is 7.43. The van der Waals surface area contributed by atoms with Crippen LogP contribution in [0.4, 0.5) is 5.13 Å². The van der Waals surface area contributed by atoms with Crippen molar-refractivity contribution in [3.05, 3.63) is 76.9 Å². The van der Waals surface area contributed by atoms with E-state index in [1.165, 1.54) is 34.2 Å². The molecular formula is C24H23N5OS2. The first-order chi connectivity index (χ1) is 15.6. The van der Waals surface area contributed by atoms with Gasteiger partial charge in [0.15, 0.2) is 10.3 Å². The molecule has 1 saturated carbocycles. The molecule has 2 atom stereocenters. The third-order valence-electron chi connectivity index (χ3n) is 5.65. The van der Waals surface area contributed by atoms with Crippen LogP contribution in [-0.4, -0.2) is 31.4 Å². The Bertz CT molecular complexity index is 1230. The smallest absolute Gasteiger partial charge is 0.236 e. The molecule has 2 heterocycles. The van der Waals surface area contributed by atoms with Crippen LogP contribution in [-0.2, 0) is 11.8 Å². The van der Waals surface area contributed by atoms with Crippen molar-refractivity contribution in [2.45, 2.75) is 30.3 Å². The fraction of sp³-hybridized carbons (Fsp3) is 0.250. The Morgan fingerprint density at radius 2 is 1.91 bits per heavy atom. The summed E-state index contributed by atoms with van der Waals surface area (Å²) in [5, 5.41) is 14.9. The molecule has 1 amide bonds. The topological polar surface area (TPSA) is 72.7 Å². The zero-order valence-corrected chi connectivity index (χ0v) is 19.5. The van der Waals surface area contributed by atoms with Gasteiger partial charge in [0.1, 0.15) is 5.82 Å². The van der Waals surface area contributed by atoms with E-state index in [4.69, 9.17) is 0 Å². The van der Waals surface area contributed by atoms with E-state index in [1.54, 1.807) is 0 Å². The van der Waals surface area contributed by atoms with Crippen LogP contribution in [0.2, 0.25) is 0 Å². The number of rotatable bonds is 7. The lowest BCUT2D eigenvalue weighted by Crippen LogP contribution is -2.14. The van der Waals surface area contributed by atoms with Gasteiger partial charge in [0.25, 0.3) is 0 Å². The van der Waals surface area contributed by atoms with Crippen LogP contribution < -0.4 is 5.32 Å². The monoisotopic (exact) mass is 461 g/mol. The number of amides is 1. The van der Waals surface area contributed by atoms with Crippen molar-refractivity contribution in [3.8, 4) is 11.3 Å². The average molecular weight is 462 g/mol. The van der Waals surface area contributed by atoms with Gasteiger partial charge in [-0.3, -0.25) is 4.79 Å². The number of thiazole rings is 1. The van der Waals surface area contributed by atoms with Gasteiger partial charge < -0.3 is 9.88 Å². The summed E-state index contributed by atoms with van der Waals surface area (Å²) < 4.78 is 2.02. The van der Waals surface area contributed by atoms with Crippen LogP contribution in [0.3, 0.4) is 0 Å². The molecule has 0 saturated heterocycles. The summed E-state index contributed by atoms with van der Waals surface area (Å²) in [5.41, 5.74) is 4.47. The van der Waals surface area contributed by atoms with Crippen LogP contribution in [0.25, 0.3) is 11.3 Å². The zero-order valence-electron chi connectivity index (χ0n) is 17.9. The molecular weight excluding hydrogens is 438 g/mol. The van der Waals surface area contributed by atoms with Gasteiger partial charge >= 0.3 is 0 Å². The first-order valence-corrected chi connectivity index (χ1v) is 12.3. The van der Waals surface area contributed by atoms with Gasteiger partial charge in [-0.05, 0) is 24.8 Å².